The van der Waals surface area contributed by atoms with E-state index >= 15 is 0 Å². The molecule has 0 aliphatic carbocycles. The van der Waals surface area contributed by atoms with Crippen molar-refractivity contribution in [1.82, 2.24) is 25.3 Å². The van der Waals surface area contributed by atoms with Gasteiger partial charge in [0.15, 0.2) is 5.96 Å². The topological polar surface area (TPSA) is 57.5 Å². The molecule has 2 N–H and O–H groups in total. The van der Waals surface area contributed by atoms with Crippen LogP contribution in [0.5, 0.6) is 0 Å². The van der Waals surface area contributed by atoms with Gasteiger partial charge in [0.05, 0.1) is 6.54 Å². The van der Waals surface area contributed by atoms with E-state index < -0.39 is 0 Å². The molecule has 0 fully saturated rings. The maximum atomic E-state index is 4.33. The summed E-state index contributed by atoms with van der Waals surface area (Å²) in [5, 5.41) is 11.1. The Hall–Kier alpha value is -2.34. The monoisotopic (exact) mass is 342 g/mol. The normalized spacial score (nSPS) is 12.5. The van der Waals surface area contributed by atoms with Gasteiger partial charge in [0.2, 0.25) is 0 Å². The molecule has 2 rings (SSSR count). The van der Waals surface area contributed by atoms with E-state index in [4.69, 9.17) is 0 Å². The lowest BCUT2D eigenvalue weighted by Crippen LogP contribution is -2.50. The molecule has 1 heterocycles. The summed E-state index contributed by atoms with van der Waals surface area (Å²) < 4.78 is 1.94. The van der Waals surface area contributed by atoms with Crippen LogP contribution in [0.15, 0.2) is 47.7 Å². The number of hydrogen-bond acceptors (Lipinski definition) is 3. The molecule has 0 saturated carbocycles. The molecule has 136 valence electrons. The Bertz CT molecular complexity index is 673. The third-order valence-electron chi connectivity index (χ3n) is 4.58. The SMILES string of the molecule is CN=C(NCc1ccccc1Cn1cccn1)NCC(C)(C)N(C)C. The summed E-state index contributed by atoms with van der Waals surface area (Å²) in [6, 6.07) is 10.4. The van der Waals surface area contributed by atoms with Crippen LogP contribution in [-0.2, 0) is 13.1 Å². The van der Waals surface area contributed by atoms with Gasteiger partial charge < -0.3 is 15.5 Å². The van der Waals surface area contributed by atoms with E-state index in [1.165, 1.54) is 11.1 Å². The van der Waals surface area contributed by atoms with Crippen molar-refractivity contribution < 1.29 is 0 Å². The molecule has 0 bridgehead atoms. The number of nitrogens with one attached hydrogen (secondary N) is 2. The third-order valence-corrected chi connectivity index (χ3v) is 4.58. The average molecular weight is 342 g/mol. The average Bonchev–Trinajstić information content (AvgIpc) is 3.09. The van der Waals surface area contributed by atoms with Crippen molar-refractivity contribution in [3.63, 3.8) is 0 Å². The molecular weight excluding hydrogens is 312 g/mol. The molecule has 1 aromatic carbocycles. The Labute approximate surface area is 151 Å². The summed E-state index contributed by atoms with van der Waals surface area (Å²) in [7, 11) is 5.97. The fourth-order valence-corrected chi connectivity index (χ4v) is 2.31. The summed E-state index contributed by atoms with van der Waals surface area (Å²) >= 11 is 0. The molecule has 0 radical (unpaired) electrons. The van der Waals surface area contributed by atoms with Gasteiger partial charge in [0.1, 0.15) is 0 Å². The Morgan fingerprint density at radius 2 is 1.88 bits per heavy atom. The Morgan fingerprint density at radius 1 is 1.16 bits per heavy atom. The van der Waals surface area contributed by atoms with Crippen LogP contribution < -0.4 is 10.6 Å². The first-order valence-corrected chi connectivity index (χ1v) is 8.58. The van der Waals surface area contributed by atoms with E-state index in [1.807, 2.05) is 16.9 Å². The van der Waals surface area contributed by atoms with E-state index in [0.29, 0.717) is 0 Å². The van der Waals surface area contributed by atoms with Crippen LogP contribution in [0, 0.1) is 0 Å². The molecule has 0 amide bonds. The summed E-state index contributed by atoms with van der Waals surface area (Å²) in [6.45, 7) is 6.71. The highest BCUT2D eigenvalue weighted by atomic mass is 15.3. The van der Waals surface area contributed by atoms with E-state index in [-0.39, 0.29) is 5.54 Å². The molecule has 0 aliphatic rings. The Kier molecular flexibility index (Phi) is 6.58. The first kappa shape index (κ1) is 19.0. The number of guanidine groups is 1. The number of benzene rings is 1. The van der Waals surface area contributed by atoms with Gasteiger partial charge in [0.25, 0.3) is 0 Å². The molecule has 0 unspecified atom stereocenters. The van der Waals surface area contributed by atoms with Crippen LogP contribution in [-0.4, -0.2) is 53.9 Å². The van der Waals surface area contributed by atoms with Crippen LogP contribution in [0.25, 0.3) is 0 Å². The van der Waals surface area contributed by atoms with Gasteiger partial charge in [-0.3, -0.25) is 9.67 Å². The predicted octanol–water partition coefficient (Wildman–Crippen LogP) is 1.94. The fraction of sp³-hybridized carbons (Fsp3) is 0.474. The van der Waals surface area contributed by atoms with Crippen molar-refractivity contribution in [3.05, 3.63) is 53.9 Å². The summed E-state index contributed by atoms with van der Waals surface area (Å²) in [4.78, 5) is 6.53. The van der Waals surface area contributed by atoms with Gasteiger partial charge in [0, 0.05) is 38.1 Å². The molecule has 0 saturated heterocycles. The van der Waals surface area contributed by atoms with Crippen LogP contribution in [0.3, 0.4) is 0 Å². The highest BCUT2D eigenvalue weighted by Crippen LogP contribution is 2.10. The molecule has 0 atom stereocenters. The van der Waals surface area contributed by atoms with Crippen molar-refractivity contribution in [2.24, 2.45) is 4.99 Å². The lowest BCUT2D eigenvalue weighted by Gasteiger charge is -2.33. The molecule has 6 nitrogen and oxygen atoms in total. The summed E-state index contributed by atoms with van der Waals surface area (Å²) in [5.74, 6) is 0.809. The minimum Gasteiger partial charge on any atom is -0.355 e. The van der Waals surface area contributed by atoms with Gasteiger partial charge in [-0.1, -0.05) is 24.3 Å². The van der Waals surface area contributed by atoms with Crippen LogP contribution >= 0.6 is 0 Å². The van der Waals surface area contributed by atoms with Crippen molar-refractivity contribution >= 4 is 5.96 Å². The summed E-state index contributed by atoms with van der Waals surface area (Å²) in [5.41, 5.74) is 2.55. The van der Waals surface area contributed by atoms with Gasteiger partial charge in [-0.2, -0.15) is 5.10 Å². The van der Waals surface area contributed by atoms with Crippen molar-refractivity contribution in [2.45, 2.75) is 32.5 Å². The second kappa shape index (κ2) is 8.67. The smallest absolute Gasteiger partial charge is 0.191 e. The first-order chi connectivity index (χ1) is 11.9. The number of aromatic nitrogens is 2. The van der Waals surface area contributed by atoms with Gasteiger partial charge in [-0.05, 0) is 45.1 Å². The van der Waals surface area contributed by atoms with E-state index in [9.17, 15) is 0 Å². The maximum absolute atomic E-state index is 4.33. The number of hydrogen-bond donors (Lipinski definition) is 2. The largest absolute Gasteiger partial charge is 0.355 e. The second-order valence-electron chi connectivity index (χ2n) is 6.96. The van der Waals surface area contributed by atoms with Crippen LogP contribution in [0.4, 0.5) is 0 Å². The molecule has 1 aromatic heterocycles. The lowest BCUT2D eigenvalue weighted by atomic mass is 10.0. The van der Waals surface area contributed by atoms with E-state index in [2.05, 4.69) is 77.8 Å². The first-order valence-electron chi connectivity index (χ1n) is 8.58. The standard InChI is InChI=1S/C19H30N6/c1-19(2,24(4)5)15-22-18(20-3)21-13-16-9-6-7-10-17(16)14-25-12-8-11-23-25/h6-12H,13-15H2,1-5H3,(H2,20,21,22). The molecule has 0 aliphatic heterocycles. The molecule has 6 heteroatoms. The zero-order chi connectivity index (χ0) is 18.3. The van der Waals surface area contributed by atoms with Crippen molar-refractivity contribution in [1.29, 1.82) is 0 Å². The number of likely N-dealkylation sites (N-methyl/N-ethyl adjacent to an activating group) is 1. The van der Waals surface area contributed by atoms with Crippen LogP contribution in [0.1, 0.15) is 25.0 Å². The number of rotatable bonds is 7. The quantitative estimate of drug-likeness (QED) is 0.596. The Balaban J connectivity index is 1.95. The van der Waals surface area contributed by atoms with Gasteiger partial charge in [-0.15, -0.1) is 0 Å². The van der Waals surface area contributed by atoms with Crippen LogP contribution in [0.2, 0.25) is 0 Å². The van der Waals surface area contributed by atoms with E-state index in [0.717, 1.165) is 25.6 Å². The minimum atomic E-state index is 0.0512. The van der Waals surface area contributed by atoms with Gasteiger partial charge >= 0.3 is 0 Å². The minimum absolute atomic E-state index is 0.0512. The maximum Gasteiger partial charge on any atom is 0.191 e. The van der Waals surface area contributed by atoms with Gasteiger partial charge in [-0.25, -0.2) is 0 Å². The second-order valence-corrected chi connectivity index (χ2v) is 6.96. The fourth-order valence-electron chi connectivity index (χ4n) is 2.31. The van der Waals surface area contributed by atoms with Crippen molar-refractivity contribution in [3.8, 4) is 0 Å². The molecular formula is C19H30N6. The highest BCUT2D eigenvalue weighted by Gasteiger charge is 2.20. The molecule has 0 spiro atoms. The number of aliphatic imine (C=N–C) groups is 1. The zero-order valence-electron chi connectivity index (χ0n) is 16.0. The summed E-state index contributed by atoms with van der Waals surface area (Å²) in [6.07, 6.45) is 3.78. The number of nitrogens with zero attached hydrogens (tertiary/aromatic N) is 4. The van der Waals surface area contributed by atoms with Crippen molar-refractivity contribution in [2.75, 3.05) is 27.7 Å². The van der Waals surface area contributed by atoms with E-state index in [1.54, 1.807) is 13.2 Å². The zero-order valence-corrected chi connectivity index (χ0v) is 16.0. The predicted molar refractivity (Wildman–Crippen MR) is 104 cm³/mol. The molecule has 2 aromatic rings. The molecule has 25 heavy (non-hydrogen) atoms. The highest BCUT2D eigenvalue weighted by molar-refractivity contribution is 5.79. The third kappa shape index (κ3) is 5.60. The lowest BCUT2D eigenvalue weighted by molar-refractivity contribution is 0.197. The Morgan fingerprint density at radius 3 is 2.48 bits per heavy atom.